The standard InChI is InChI=1S/C16H19F3O2S2/c1-3-22-15(23-4-2)13(16(17,18)19)12(14(20)21)10-11-8-6-5-7-9-11/h5-9,12H,3-4,10H2,1-2H3,(H,20,21). The van der Waals surface area contributed by atoms with Gasteiger partial charge in [-0.05, 0) is 23.5 Å². The van der Waals surface area contributed by atoms with Crippen LogP contribution in [0.2, 0.25) is 0 Å². The summed E-state index contributed by atoms with van der Waals surface area (Å²) in [6.07, 6.45) is -4.85. The lowest BCUT2D eigenvalue weighted by atomic mass is 9.92. The summed E-state index contributed by atoms with van der Waals surface area (Å²) >= 11 is 2.10. The molecular weight excluding hydrogens is 345 g/mol. The zero-order valence-electron chi connectivity index (χ0n) is 12.9. The number of hydrogen-bond donors (Lipinski definition) is 1. The normalized spacial score (nSPS) is 12.7. The summed E-state index contributed by atoms with van der Waals surface area (Å²) in [4.78, 5) is 11.6. The van der Waals surface area contributed by atoms with Crippen LogP contribution in [0.3, 0.4) is 0 Å². The van der Waals surface area contributed by atoms with Gasteiger partial charge >= 0.3 is 12.1 Å². The van der Waals surface area contributed by atoms with Gasteiger partial charge in [-0.2, -0.15) is 13.2 Å². The van der Waals surface area contributed by atoms with Crippen molar-refractivity contribution in [2.24, 2.45) is 5.92 Å². The first kappa shape index (κ1) is 20.0. The van der Waals surface area contributed by atoms with Gasteiger partial charge in [-0.15, -0.1) is 23.5 Å². The topological polar surface area (TPSA) is 37.3 Å². The first-order valence-electron chi connectivity index (χ1n) is 7.14. The van der Waals surface area contributed by atoms with Crippen LogP contribution in [0.1, 0.15) is 19.4 Å². The number of carboxylic acids is 1. The third kappa shape index (κ3) is 6.14. The molecule has 1 aromatic rings. The first-order valence-corrected chi connectivity index (χ1v) is 9.12. The van der Waals surface area contributed by atoms with Gasteiger partial charge in [0.2, 0.25) is 0 Å². The van der Waals surface area contributed by atoms with E-state index in [1.807, 2.05) is 0 Å². The van der Waals surface area contributed by atoms with Gasteiger partial charge in [-0.25, -0.2) is 0 Å². The number of rotatable bonds is 8. The number of carbonyl (C=O) groups is 1. The largest absolute Gasteiger partial charge is 0.481 e. The molecule has 0 saturated heterocycles. The van der Waals surface area contributed by atoms with Crippen molar-refractivity contribution in [2.45, 2.75) is 26.4 Å². The number of carboxylic acid groups (broad SMARTS) is 1. The molecule has 128 valence electrons. The van der Waals surface area contributed by atoms with Crippen LogP contribution in [-0.2, 0) is 11.2 Å². The fraction of sp³-hybridized carbons (Fsp3) is 0.438. The molecule has 23 heavy (non-hydrogen) atoms. The van der Waals surface area contributed by atoms with Crippen molar-refractivity contribution in [1.82, 2.24) is 0 Å². The second kappa shape index (κ2) is 9.27. The highest BCUT2D eigenvalue weighted by molar-refractivity contribution is 8.22. The molecule has 1 unspecified atom stereocenters. The Hall–Kier alpha value is -1.08. The minimum Gasteiger partial charge on any atom is -0.481 e. The molecule has 1 atom stereocenters. The zero-order valence-corrected chi connectivity index (χ0v) is 14.5. The highest BCUT2D eigenvalue weighted by Crippen LogP contribution is 2.43. The van der Waals surface area contributed by atoms with Crippen molar-refractivity contribution in [3.05, 3.63) is 45.7 Å². The van der Waals surface area contributed by atoms with Crippen LogP contribution in [0, 0.1) is 5.92 Å². The third-order valence-corrected chi connectivity index (χ3v) is 5.25. The smallest absolute Gasteiger partial charge is 0.415 e. The Morgan fingerprint density at radius 1 is 1.13 bits per heavy atom. The fourth-order valence-electron chi connectivity index (χ4n) is 2.08. The molecule has 7 heteroatoms. The Balaban J connectivity index is 3.33. The number of benzene rings is 1. The Labute approximate surface area is 142 Å². The Bertz CT molecular complexity index is 534. The van der Waals surface area contributed by atoms with Gasteiger partial charge in [0.15, 0.2) is 0 Å². The molecule has 1 N–H and O–H groups in total. The summed E-state index contributed by atoms with van der Waals surface area (Å²) in [6.45, 7) is 3.50. The van der Waals surface area contributed by atoms with E-state index in [2.05, 4.69) is 0 Å². The van der Waals surface area contributed by atoms with E-state index in [0.29, 0.717) is 17.1 Å². The van der Waals surface area contributed by atoms with Crippen molar-refractivity contribution >= 4 is 29.5 Å². The molecule has 0 aromatic heterocycles. The quantitative estimate of drug-likeness (QED) is 0.687. The minimum atomic E-state index is -4.67. The maximum Gasteiger partial charge on any atom is 0.415 e. The monoisotopic (exact) mass is 364 g/mol. The van der Waals surface area contributed by atoms with Crippen LogP contribution < -0.4 is 0 Å². The van der Waals surface area contributed by atoms with Crippen LogP contribution in [0.15, 0.2) is 40.1 Å². The van der Waals surface area contributed by atoms with Crippen molar-refractivity contribution in [2.75, 3.05) is 11.5 Å². The van der Waals surface area contributed by atoms with Crippen LogP contribution in [0.4, 0.5) is 13.2 Å². The van der Waals surface area contributed by atoms with Crippen LogP contribution in [-0.4, -0.2) is 28.8 Å². The average molecular weight is 364 g/mol. The number of thioether (sulfide) groups is 2. The zero-order chi connectivity index (χ0) is 17.5. The van der Waals surface area contributed by atoms with Gasteiger partial charge in [0, 0.05) is 4.24 Å². The van der Waals surface area contributed by atoms with E-state index in [4.69, 9.17) is 0 Å². The molecule has 0 spiro atoms. The predicted molar refractivity (Wildman–Crippen MR) is 90.6 cm³/mol. The number of aliphatic carboxylic acids is 1. The summed E-state index contributed by atoms with van der Waals surface area (Å²) in [5.41, 5.74) is -0.364. The Morgan fingerprint density at radius 3 is 2.04 bits per heavy atom. The van der Waals surface area contributed by atoms with E-state index in [9.17, 15) is 23.1 Å². The maximum absolute atomic E-state index is 13.6. The van der Waals surface area contributed by atoms with Gasteiger partial charge in [-0.3, -0.25) is 4.79 Å². The minimum absolute atomic E-state index is 0.0610. The molecule has 0 aliphatic heterocycles. The summed E-state index contributed by atoms with van der Waals surface area (Å²) < 4.78 is 40.8. The Morgan fingerprint density at radius 2 is 1.65 bits per heavy atom. The van der Waals surface area contributed by atoms with Crippen molar-refractivity contribution in [3.63, 3.8) is 0 Å². The molecule has 1 aromatic carbocycles. The third-order valence-electron chi connectivity index (χ3n) is 3.01. The molecule has 0 bridgehead atoms. The summed E-state index contributed by atoms with van der Waals surface area (Å²) in [5.74, 6) is -2.14. The lowest BCUT2D eigenvalue weighted by molar-refractivity contribution is -0.145. The van der Waals surface area contributed by atoms with Crippen LogP contribution in [0.25, 0.3) is 0 Å². The lowest BCUT2D eigenvalue weighted by Gasteiger charge is -2.22. The van der Waals surface area contributed by atoms with Gasteiger partial charge in [-0.1, -0.05) is 44.2 Å². The van der Waals surface area contributed by atoms with E-state index >= 15 is 0 Å². The van der Waals surface area contributed by atoms with Gasteiger partial charge in [0.25, 0.3) is 0 Å². The van der Waals surface area contributed by atoms with Crippen molar-refractivity contribution in [3.8, 4) is 0 Å². The molecule has 0 saturated carbocycles. The number of halogens is 3. The number of hydrogen-bond acceptors (Lipinski definition) is 3. The van der Waals surface area contributed by atoms with Gasteiger partial charge in [0.1, 0.15) is 0 Å². The molecule has 0 heterocycles. The molecule has 1 rings (SSSR count). The molecule has 0 radical (unpaired) electrons. The van der Waals surface area contributed by atoms with Crippen molar-refractivity contribution < 1.29 is 23.1 Å². The second-order valence-corrected chi connectivity index (χ2v) is 7.45. The second-order valence-electron chi connectivity index (χ2n) is 4.65. The molecule has 0 fully saturated rings. The maximum atomic E-state index is 13.6. The summed E-state index contributed by atoms with van der Waals surface area (Å²) in [6, 6.07) is 8.40. The average Bonchev–Trinajstić information content (AvgIpc) is 2.46. The highest BCUT2D eigenvalue weighted by Gasteiger charge is 2.44. The van der Waals surface area contributed by atoms with Gasteiger partial charge < -0.3 is 5.11 Å². The predicted octanol–water partition coefficient (Wildman–Crippen LogP) is 5.21. The van der Waals surface area contributed by atoms with E-state index in [0.717, 1.165) is 23.5 Å². The van der Waals surface area contributed by atoms with E-state index < -0.39 is 23.6 Å². The van der Waals surface area contributed by atoms with Crippen molar-refractivity contribution in [1.29, 1.82) is 0 Å². The fourth-order valence-corrected chi connectivity index (χ4v) is 4.47. The number of alkyl halides is 3. The first-order chi connectivity index (χ1) is 10.8. The summed E-state index contributed by atoms with van der Waals surface area (Å²) in [7, 11) is 0. The highest BCUT2D eigenvalue weighted by atomic mass is 32.2. The molecule has 0 aliphatic rings. The van der Waals surface area contributed by atoms with Gasteiger partial charge in [0.05, 0.1) is 11.5 Å². The van der Waals surface area contributed by atoms with E-state index in [1.165, 1.54) is 0 Å². The lowest BCUT2D eigenvalue weighted by Crippen LogP contribution is -2.29. The van der Waals surface area contributed by atoms with Crippen LogP contribution >= 0.6 is 23.5 Å². The molecule has 0 amide bonds. The molecule has 2 nitrogen and oxygen atoms in total. The molecule has 0 aliphatic carbocycles. The SMILES string of the molecule is CCSC(SCC)=C(C(Cc1ccccc1)C(=O)O)C(F)(F)F. The van der Waals surface area contributed by atoms with E-state index in [1.54, 1.807) is 44.2 Å². The summed E-state index contributed by atoms with van der Waals surface area (Å²) in [5, 5.41) is 9.40. The van der Waals surface area contributed by atoms with E-state index in [-0.39, 0.29) is 10.7 Å². The van der Waals surface area contributed by atoms with Crippen LogP contribution in [0.5, 0.6) is 0 Å². The Kier molecular flexibility index (Phi) is 8.05. The molecular formula is C16H19F3O2S2.